The largest absolute Gasteiger partial charge is 0.481 e. The molecule has 0 aromatic heterocycles. The van der Waals surface area contributed by atoms with Crippen LogP contribution in [0, 0.1) is 0 Å². The molecule has 0 aliphatic heterocycles. The second kappa shape index (κ2) is 7.92. The third-order valence-electron chi connectivity index (χ3n) is 2.10. The quantitative estimate of drug-likeness (QED) is 0.649. The molecule has 0 aliphatic rings. The Bertz CT molecular complexity index is 231. The molecule has 0 radical (unpaired) electrons. The molecule has 0 unspecified atom stereocenters. The van der Waals surface area contributed by atoms with Crippen LogP contribution in [-0.2, 0) is 4.79 Å². The van der Waals surface area contributed by atoms with Crippen molar-refractivity contribution in [3.63, 3.8) is 0 Å². The van der Waals surface area contributed by atoms with Crippen molar-refractivity contribution in [3.05, 3.63) is 0 Å². The first-order valence-corrected chi connectivity index (χ1v) is 5.36. The van der Waals surface area contributed by atoms with Gasteiger partial charge in [-0.05, 0) is 21.0 Å². The SMILES string of the molecule is CCN(CCC(=O)O)C(=O)NCCN(C)C. The number of carbonyl (C=O) groups excluding carboxylic acids is 1. The van der Waals surface area contributed by atoms with Gasteiger partial charge in [0.15, 0.2) is 0 Å². The number of carboxylic acids is 1. The lowest BCUT2D eigenvalue weighted by Crippen LogP contribution is -2.43. The Morgan fingerprint density at radius 1 is 1.25 bits per heavy atom. The molecular formula is C10H21N3O3. The minimum atomic E-state index is -0.889. The van der Waals surface area contributed by atoms with E-state index < -0.39 is 5.97 Å². The Balaban J connectivity index is 3.86. The first-order chi connectivity index (χ1) is 7.47. The van der Waals surface area contributed by atoms with E-state index in [-0.39, 0.29) is 19.0 Å². The minimum Gasteiger partial charge on any atom is -0.481 e. The molecular weight excluding hydrogens is 210 g/mol. The van der Waals surface area contributed by atoms with E-state index in [1.165, 1.54) is 4.90 Å². The predicted molar refractivity (Wildman–Crippen MR) is 61.5 cm³/mol. The minimum absolute atomic E-state index is 0.0189. The first kappa shape index (κ1) is 14.7. The number of amides is 2. The summed E-state index contributed by atoms with van der Waals surface area (Å²) >= 11 is 0. The van der Waals surface area contributed by atoms with Gasteiger partial charge in [-0.2, -0.15) is 0 Å². The molecule has 0 spiro atoms. The van der Waals surface area contributed by atoms with Crippen molar-refractivity contribution in [1.29, 1.82) is 0 Å². The van der Waals surface area contributed by atoms with Crippen molar-refractivity contribution >= 4 is 12.0 Å². The number of carboxylic acid groups (broad SMARTS) is 1. The smallest absolute Gasteiger partial charge is 0.317 e. The van der Waals surface area contributed by atoms with E-state index in [2.05, 4.69) is 5.32 Å². The van der Waals surface area contributed by atoms with Gasteiger partial charge in [0.1, 0.15) is 0 Å². The highest BCUT2D eigenvalue weighted by Gasteiger charge is 2.11. The normalized spacial score (nSPS) is 10.2. The summed E-state index contributed by atoms with van der Waals surface area (Å²) in [5, 5.41) is 11.3. The molecule has 94 valence electrons. The summed E-state index contributed by atoms with van der Waals surface area (Å²) in [6.07, 6.45) is -0.0189. The van der Waals surface area contributed by atoms with Gasteiger partial charge in [0.25, 0.3) is 0 Å². The Morgan fingerprint density at radius 2 is 1.88 bits per heavy atom. The molecule has 0 aromatic rings. The number of carbonyl (C=O) groups is 2. The Labute approximate surface area is 96.2 Å². The molecule has 0 aromatic carbocycles. The van der Waals surface area contributed by atoms with E-state index in [1.807, 2.05) is 25.9 Å². The summed E-state index contributed by atoms with van der Waals surface area (Å²) < 4.78 is 0. The van der Waals surface area contributed by atoms with E-state index in [9.17, 15) is 9.59 Å². The van der Waals surface area contributed by atoms with Crippen molar-refractivity contribution in [2.24, 2.45) is 0 Å². The van der Waals surface area contributed by atoms with Gasteiger partial charge < -0.3 is 20.2 Å². The lowest BCUT2D eigenvalue weighted by molar-refractivity contribution is -0.137. The lowest BCUT2D eigenvalue weighted by Gasteiger charge is -2.21. The molecule has 0 saturated heterocycles. The zero-order valence-electron chi connectivity index (χ0n) is 10.2. The van der Waals surface area contributed by atoms with E-state index in [1.54, 1.807) is 0 Å². The summed E-state index contributed by atoms with van der Waals surface area (Å²) in [6.45, 7) is 3.92. The van der Waals surface area contributed by atoms with E-state index >= 15 is 0 Å². The maximum Gasteiger partial charge on any atom is 0.317 e. The summed E-state index contributed by atoms with van der Waals surface area (Å²) in [4.78, 5) is 25.4. The molecule has 0 bridgehead atoms. The summed E-state index contributed by atoms with van der Waals surface area (Å²) in [6, 6.07) is -0.203. The zero-order valence-corrected chi connectivity index (χ0v) is 10.2. The van der Waals surface area contributed by atoms with Crippen LogP contribution in [0.2, 0.25) is 0 Å². The molecule has 0 heterocycles. The zero-order chi connectivity index (χ0) is 12.6. The van der Waals surface area contributed by atoms with Crippen LogP contribution < -0.4 is 5.32 Å². The third-order valence-corrected chi connectivity index (χ3v) is 2.10. The maximum absolute atomic E-state index is 11.6. The number of rotatable bonds is 7. The van der Waals surface area contributed by atoms with Crippen LogP contribution in [0.25, 0.3) is 0 Å². The van der Waals surface area contributed by atoms with E-state index in [0.29, 0.717) is 13.1 Å². The van der Waals surface area contributed by atoms with Crippen LogP contribution in [0.1, 0.15) is 13.3 Å². The second-order valence-corrected chi connectivity index (χ2v) is 3.76. The van der Waals surface area contributed by atoms with Gasteiger partial charge in [0.2, 0.25) is 0 Å². The van der Waals surface area contributed by atoms with Crippen LogP contribution in [0.3, 0.4) is 0 Å². The topological polar surface area (TPSA) is 72.9 Å². The van der Waals surface area contributed by atoms with Crippen molar-refractivity contribution in [2.45, 2.75) is 13.3 Å². The summed E-state index contributed by atoms with van der Waals surface area (Å²) in [5.41, 5.74) is 0. The number of urea groups is 1. The van der Waals surface area contributed by atoms with Gasteiger partial charge >= 0.3 is 12.0 Å². The van der Waals surface area contributed by atoms with Gasteiger partial charge in [-0.15, -0.1) is 0 Å². The fraction of sp³-hybridized carbons (Fsp3) is 0.800. The molecule has 0 aliphatic carbocycles. The number of hydrogen-bond donors (Lipinski definition) is 2. The standard InChI is InChI=1S/C10H21N3O3/c1-4-13(7-5-9(14)15)10(16)11-6-8-12(2)3/h4-8H2,1-3H3,(H,11,16)(H,14,15). The monoisotopic (exact) mass is 231 g/mol. The molecule has 0 saturated carbocycles. The van der Waals surface area contributed by atoms with Crippen LogP contribution in [-0.4, -0.2) is 67.2 Å². The molecule has 0 atom stereocenters. The summed E-state index contributed by atoms with van der Waals surface area (Å²) in [5.74, 6) is -0.889. The van der Waals surface area contributed by atoms with E-state index in [4.69, 9.17) is 5.11 Å². The third kappa shape index (κ3) is 7.05. The van der Waals surface area contributed by atoms with Crippen LogP contribution in [0.4, 0.5) is 4.79 Å². The van der Waals surface area contributed by atoms with Crippen LogP contribution in [0.5, 0.6) is 0 Å². The number of aliphatic carboxylic acids is 1. The number of likely N-dealkylation sites (N-methyl/N-ethyl adjacent to an activating group) is 1. The lowest BCUT2D eigenvalue weighted by atomic mass is 10.4. The average Bonchev–Trinajstić information content (AvgIpc) is 2.17. The van der Waals surface area contributed by atoms with Gasteiger partial charge in [-0.3, -0.25) is 4.79 Å². The molecule has 16 heavy (non-hydrogen) atoms. The van der Waals surface area contributed by atoms with Gasteiger partial charge in [-0.1, -0.05) is 0 Å². The Morgan fingerprint density at radius 3 is 2.31 bits per heavy atom. The maximum atomic E-state index is 11.6. The first-order valence-electron chi connectivity index (χ1n) is 5.36. The van der Waals surface area contributed by atoms with Gasteiger partial charge in [0.05, 0.1) is 6.42 Å². The summed E-state index contributed by atoms with van der Waals surface area (Å²) in [7, 11) is 3.85. The highest BCUT2D eigenvalue weighted by atomic mass is 16.4. The number of nitrogens with one attached hydrogen (secondary N) is 1. The Kier molecular flexibility index (Phi) is 7.28. The Hall–Kier alpha value is -1.30. The van der Waals surface area contributed by atoms with Crippen molar-refractivity contribution in [3.8, 4) is 0 Å². The van der Waals surface area contributed by atoms with E-state index in [0.717, 1.165) is 6.54 Å². The average molecular weight is 231 g/mol. The molecule has 2 amide bonds. The van der Waals surface area contributed by atoms with Crippen molar-refractivity contribution < 1.29 is 14.7 Å². The highest BCUT2D eigenvalue weighted by Crippen LogP contribution is 1.92. The molecule has 0 fully saturated rings. The molecule has 6 heteroatoms. The van der Waals surface area contributed by atoms with Crippen LogP contribution >= 0.6 is 0 Å². The van der Waals surface area contributed by atoms with Crippen molar-refractivity contribution in [1.82, 2.24) is 15.1 Å². The number of hydrogen-bond acceptors (Lipinski definition) is 3. The number of nitrogens with zero attached hydrogens (tertiary/aromatic N) is 2. The van der Waals surface area contributed by atoms with Gasteiger partial charge in [0, 0.05) is 26.2 Å². The predicted octanol–water partition coefficient (Wildman–Crippen LogP) is 0.0542. The van der Waals surface area contributed by atoms with Crippen molar-refractivity contribution in [2.75, 3.05) is 40.3 Å². The molecule has 0 rings (SSSR count). The highest BCUT2D eigenvalue weighted by molar-refractivity contribution is 5.75. The molecule has 6 nitrogen and oxygen atoms in total. The van der Waals surface area contributed by atoms with Gasteiger partial charge in [-0.25, -0.2) is 4.79 Å². The molecule has 2 N–H and O–H groups in total. The van der Waals surface area contributed by atoms with Crippen LogP contribution in [0.15, 0.2) is 0 Å². The second-order valence-electron chi connectivity index (χ2n) is 3.76. The fourth-order valence-electron chi connectivity index (χ4n) is 1.13. The fourth-order valence-corrected chi connectivity index (χ4v) is 1.13.